The summed E-state index contributed by atoms with van der Waals surface area (Å²) < 4.78 is 65.0. The maximum atomic E-state index is 13.6. The van der Waals surface area contributed by atoms with E-state index in [1.54, 1.807) is 0 Å². The molecule has 0 radical (unpaired) electrons. The van der Waals surface area contributed by atoms with E-state index < -0.39 is 23.4 Å². The molecule has 5 heteroatoms. The van der Waals surface area contributed by atoms with Crippen LogP contribution in [0.4, 0.5) is 22.0 Å². The molecule has 0 aromatic heterocycles. The lowest BCUT2D eigenvalue weighted by Gasteiger charge is -2.29. The van der Waals surface area contributed by atoms with Crippen molar-refractivity contribution < 1.29 is 22.0 Å². The van der Waals surface area contributed by atoms with Gasteiger partial charge in [-0.05, 0) is 68.1 Å². The molecule has 0 aliphatic heterocycles. The molecule has 1 aliphatic rings. The molecule has 0 bridgehead atoms. The van der Waals surface area contributed by atoms with E-state index in [2.05, 4.69) is 6.58 Å². The van der Waals surface area contributed by atoms with E-state index in [4.69, 9.17) is 0 Å². The number of benzene rings is 1. The molecule has 1 aromatic rings. The quantitative estimate of drug-likeness (QED) is 0.456. The van der Waals surface area contributed by atoms with Crippen LogP contribution in [0.2, 0.25) is 0 Å². The number of rotatable bonds is 4. The Labute approximate surface area is 127 Å². The Balaban J connectivity index is 2.10. The molecule has 22 heavy (non-hydrogen) atoms. The zero-order chi connectivity index (χ0) is 16.3. The molecule has 1 saturated carbocycles. The van der Waals surface area contributed by atoms with Crippen molar-refractivity contribution in [3.63, 3.8) is 0 Å². The van der Waals surface area contributed by atoms with Crippen LogP contribution >= 0.6 is 0 Å². The van der Waals surface area contributed by atoms with Gasteiger partial charge in [-0.25, -0.2) is 8.78 Å². The average molecular weight is 318 g/mol. The zero-order valence-corrected chi connectivity index (χ0v) is 12.2. The van der Waals surface area contributed by atoms with Crippen molar-refractivity contribution in [3.8, 4) is 0 Å². The van der Waals surface area contributed by atoms with Crippen LogP contribution in [0.25, 0.3) is 0 Å². The van der Waals surface area contributed by atoms with E-state index >= 15 is 0 Å². The molecule has 2 rings (SSSR count). The Kier molecular flexibility index (Phi) is 5.24. The summed E-state index contributed by atoms with van der Waals surface area (Å²) in [6, 6.07) is 1.70. The molecule has 1 aromatic carbocycles. The van der Waals surface area contributed by atoms with Gasteiger partial charge in [-0.3, -0.25) is 0 Å². The highest BCUT2D eigenvalue weighted by molar-refractivity contribution is 5.30. The van der Waals surface area contributed by atoms with Crippen LogP contribution < -0.4 is 0 Å². The Morgan fingerprint density at radius 2 is 1.59 bits per heavy atom. The molecule has 1 fully saturated rings. The first kappa shape index (κ1) is 17.0. The van der Waals surface area contributed by atoms with Gasteiger partial charge in [-0.15, -0.1) is 6.58 Å². The summed E-state index contributed by atoms with van der Waals surface area (Å²) in [6.07, 6.45) is 2.23. The molecule has 0 N–H and O–H groups in total. The molecule has 0 unspecified atom stereocenters. The van der Waals surface area contributed by atoms with Crippen LogP contribution in [0, 0.1) is 17.6 Å². The largest absolute Gasteiger partial charge is 0.422 e. The van der Waals surface area contributed by atoms with Gasteiger partial charge in [-0.1, -0.05) is 6.08 Å². The highest BCUT2D eigenvalue weighted by atomic mass is 19.4. The first-order valence-electron chi connectivity index (χ1n) is 7.50. The molecule has 1 aliphatic carbocycles. The lowest BCUT2D eigenvalue weighted by atomic mass is 9.77. The predicted octanol–water partition coefficient (Wildman–Crippen LogP) is 6.22. The monoisotopic (exact) mass is 318 g/mol. The van der Waals surface area contributed by atoms with Gasteiger partial charge in [0.15, 0.2) is 0 Å². The van der Waals surface area contributed by atoms with Crippen molar-refractivity contribution in [1.29, 1.82) is 0 Å². The van der Waals surface area contributed by atoms with Crippen molar-refractivity contribution in [2.24, 2.45) is 5.92 Å². The summed E-state index contributed by atoms with van der Waals surface area (Å²) >= 11 is 0. The maximum Gasteiger partial charge on any atom is 0.422 e. The first-order valence-corrected chi connectivity index (χ1v) is 7.50. The minimum Gasteiger partial charge on any atom is -0.206 e. The maximum absolute atomic E-state index is 13.6. The topological polar surface area (TPSA) is 0 Å². The fourth-order valence-corrected chi connectivity index (χ4v) is 3.24. The molecule has 0 heterocycles. The molecule has 122 valence electrons. The van der Waals surface area contributed by atoms with E-state index in [0.29, 0.717) is 11.5 Å². The summed E-state index contributed by atoms with van der Waals surface area (Å²) in [4.78, 5) is 0. The van der Waals surface area contributed by atoms with Gasteiger partial charge in [0.2, 0.25) is 0 Å². The Bertz CT molecular complexity index is 501. The molecular formula is C17H19F5. The summed E-state index contributed by atoms with van der Waals surface area (Å²) in [5, 5.41) is 0. The fourth-order valence-electron chi connectivity index (χ4n) is 3.24. The summed E-state index contributed by atoms with van der Waals surface area (Å²) in [6.45, 7) is 3.68. The molecule has 0 saturated heterocycles. The minimum atomic E-state index is -5.00. The third-order valence-corrected chi connectivity index (χ3v) is 4.45. The number of allylic oxidation sites excluding steroid dienone is 1. The Morgan fingerprint density at radius 1 is 1.05 bits per heavy atom. The van der Waals surface area contributed by atoms with Gasteiger partial charge in [-0.2, -0.15) is 13.2 Å². The van der Waals surface area contributed by atoms with Gasteiger partial charge in [0.1, 0.15) is 17.2 Å². The number of hydrogen-bond donors (Lipinski definition) is 0. The zero-order valence-electron chi connectivity index (χ0n) is 12.2. The van der Waals surface area contributed by atoms with E-state index in [9.17, 15) is 22.0 Å². The van der Waals surface area contributed by atoms with Crippen LogP contribution in [0.15, 0.2) is 24.8 Å². The van der Waals surface area contributed by atoms with Crippen molar-refractivity contribution >= 4 is 0 Å². The van der Waals surface area contributed by atoms with E-state index in [1.165, 1.54) is 0 Å². The molecule has 0 nitrogen and oxygen atoms in total. The third-order valence-electron chi connectivity index (χ3n) is 4.45. The second-order valence-corrected chi connectivity index (χ2v) is 5.94. The highest BCUT2D eigenvalue weighted by Crippen LogP contribution is 2.40. The molecule has 0 atom stereocenters. The van der Waals surface area contributed by atoms with Crippen LogP contribution in [0.3, 0.4) is 0 Å². The predicted molar refractivity (Wildman–Crippen MR) is 75.5 cm³/mol. The van der Waals surface area contributed by atoms with Crippen LogP contribution in [-0.4, -0.2) is 0 Å². The molecule has 0 spiro atoms. The fraction of sp³-hybridized carbons (Fsp3) is 0.529. The van der Waals surface area contributed by atoms with Crippen LogP contribution in [-0.2, 0) is 6.18 Å². The summed E-state index contributed by atoms with van der Waals surface area (Å²) in [5.41, 5.74) is -1.46. The number of alkyl halides is 3. The average Bonchev–Trinajstić information content (AvgIpc) is 2.43. The smallest absolute Gasteiger partial charge is 0.206 e. The van der Waals surface area contributed by atoms with Crippen molar-refractivity contribution in [2.75, 3.05) is 0 Å². The van der Waals surface area contributed by atoms with Gasteiger partial charge < -0.3 is 0 Å². The SMILES string of the molecule is C=CCC[C@H]1CC[C@H](c2cc(F)c(C(F)(F)F)c(F)c2)CC1. The highest BCUT2D eigenvalue weighted by Gasteiger charge is 2.38. The van der Waals surface area contributed by atoms with E-state index in [-0.39, 0.29) is 5.92 Å². The normalized spacial score (nSPS) is 22.6. The Morgan fingerprint density at radius 3 is 2.05 bits per heavy atom. The van der Waals surface area contributed by atoms with Gasteiger partial charge in [0.25, 0.3) is 0 Å². The van der Waals surface area contributed by atoms with E-state index in [0.717, 1.165) is 50.7 Å². The second kappa shape index (κ2) is 6.80. The number of halogens is 5. The minimum absolute atomic E-state index is 0.0636. The van der Waals surface area contributed by atoms with Gasteiger partial charge in [0, 0.05) is 0 Å². The number of hydrogen-bond acceptors (Lipinski definition) is 0. The van der Waals surface area contributed by atoms with Gasteiger partial charge in [0.05, 0.1) is 0 Å². The van der Waals surface area contributed by atoms with Crippen LogP contribution in [0.1, 0.15) is 55.6 Å². The lowest BCUT2D eigenvalue weighted by Crippen LogP contribution is -2.16. The second-order valence-electron chi connectivity index (χ2n) is 5.94. The summed E-state index contributed by atoms with van der Waals surface area (Å²) in [7, 11) is 0. The van der Waals surface area contributed by atoms with E-state index in [1.807, 2.05) is 6.08 Å². The standard InChI is InChI=1S/C17H19F5/c1-2-3-4-11-5-7-12(8-6-11)13-9-14(18)16(15(19)10-13)17(20,21)22/h2,9-12H,1,3-8H2/t11-,12-. The van der Waals surface area contributed by atoms with Gasteiger partial charge >= 0.3 is 6.18 Å². The summed E-state index contributed by atoms with van der Waals surface area (Å²) in [5.74, 6) is -2.53. The first-order chi connectivity index (χ1) is 10.3. The third kappa shape index (κ3) is 3.87. The lowest BCUT2D eigenvalue weighted by molar-refractivity contribution is -0.142. The van der Waals surface area contributed by atoms with Crippen molar-refractivity contribution in [2.45, 2.75) is 50.6 Å². The Hall–Kier alpha value is -1.39. The van der Waals surface area contributed by atoms with Crippen molar-refractivity contribution in [1.82, 2.24) is 0 Å². The molecular weight excluding hydrogens is 299 g/mol. The van der Waals surface area contributed by atoms with Crippen molar-refractivity contribution in [3.05, 3.63) is 47.5 Å². The molecule has 0 amide bonds. The van der Waals surface area contributed by atoms with Crippen LogP contribution in [0.5, 0.6) is 0 Å².